The highest BCUT2D eigenvalue weighted by Crippen LogP contribution is 2.47. The third kappa shape index (κ3) is 3.42. The number of rotatable bonds is 3. The summed E-state index contributed by atoms with van der Waals surface area (Å²) in [6.45, 7) is 0.157. The highest BCUT2D eigenvalue weighted by molar-refractivity contribution is 6.30. The van der Waals surface area contributed by atoms with Gasteiger partial charge in [0.2, 0.25) is 11.8 Å². The van der Waals surface area contributed by atoms with Crippen molar-refractivity contribution in [1.82, 2.24) is 4.90 Å². The Labute approximate surface area is 190 Å². The van der Waals surface area contributed by atoms with E-state index in [9.17, 15) is 14.4 Å². The first-order valence-electron chi connectivity index (χ1n) is 10.4. The van der Waals surface area contributed by atoms with Gasteiger partial charge in [0.1, 0.15) is 0 Å². The topological polar surface area (TPSA) is 69.7 Å². The highest BCUT2D eigenvalue weighted by Gasteiger charge is 2.59. The summed E-state index contributed by atoms with van der Waals surface area (Å²) < 4.78 is 0. The third-order valence-corrected chi connectivity index (χ3v) is 6.31. The number of carbonyl (C=O) groups is 3. The van der Waals surface area contributed by atoms with E-state index in [2.05, 4.69) is 5.32 Å². The van der Waals surface area contributed by atoms with Crippen LogP contribution in [0.25, 0.3) is 0 Å². The van der Waals surface area contributed by atoms with Gasteiger partial charge < -0.3 is 10.2 Å². The number of nitrogens with zero attached hydrogens (tertiary/aromatic N) is 2. The Morgan fingerprint density at radius 1 is 0.844 bits per heavy atom. The van der Waals surface area contributed by atoms with E-state index in [1.165, 1.54) is 4.90 Å². The molecule has 1 N–H and O–H groups in total. The van der Waals surface area contributed by atoms with Crippen LogP contribution in [0.5, 0.6) is 0 Å². The number of carbonyl (C=O) groups excluding carboxylic acids is 3. The number of urea groups is 1. The van der Waals surface area contributed by atoms with Crippen molar-refractivity contribution in [3.05, 3.63) is 95.5 Å². The van der Waals surface area contributed by atoms with Crippen molar-refractivity contribution >= 4 is 40.8 Å². The lowest BCUT2D eigenvalue weighted by Crippen LogP contribution is -2.41. The van der Waals surface area contributed by atoms with Crippen LogP contribution in [0.15, 0.2) is 84.9 Å². The lowest BCUT2D eigenvalue weighted by atomic mass is 9.89. The SMILES string of the molecule is O=C1C2CN(C(=O)Nc3ccccc3)C(c3ccc(Cl)cc3)C2C(=O)N1c1ccccc1. The first kappa shape index (κ1) is 20.3. The summed E-state index contributed by atoms with van der Waals surface area (Å²) in [6, 6.07) is 24.2. The molecule has 4 amide bonds. The molecule has 160 valence electrons. The number of amides is 4. The van der Waals surface area contributed by atoms with Crippen LogP contribution in [0.1, 0.15) is 11.6 Å². The summed E-state index contributed by atoms with van der Waals surface area (Å²) >= 11 is 6.07. The van der Waals surface area contributed by atoms with Crippen molar-refractivity contribution in [3.8, 4) is 0 Å². The predicted molar refractivity (Wildman–Crippen MR) is 122 cm³/mol. The second-order valence-electron chi connectivity index (χ2n) is 7.92. The van der Waals surface area contributed by atoms with Gasteiger partial charge in [-0.1, -0.05) is 60.1 Å². The van der Waals surface area contributed by atoms with E-state index in [0.717, 1.165) is 5.56 Å². The zero-order valence-corrected chi connectivity index (χ0v) is 17.8. The maximum atomic E-state index is 13.5. The molecule has 0 aromatic heterocycles. The summed E-state index contributed by atoms with van der Waals surface area (Å²) in [7, 11) is 0. The van der Waals surface area contributed by atoms with Crippen LogP contribution in [0, 0.1) is 11.8 Å². The number of likely N-dealkylation sites (tertiary alicyclic amines) is 1. The van der Waals surface area contributed by atoms with E-state index in [-0.39, 0.29) is 24.4 Å². The van der Waals surface area contributed by atoms with Crippen LogP contribution in [-0.2, 0) is 9.59 Å². The fraction of sp³-hybridized carbons (Fsp3) is 0.160. The van der Waals surface area contributed by atoms with Crippen molar-refractivity contribution in [1.29, 1.82) is 0 Å². The number of fused-ring (bicyclic) bond motifs is 1. The molecule has 2 saturated heterocycles. The van der Waals surface area contributed by atoms with Crippen molar-refractivity contribution in [2.75, 3.05) is 16.8 Å². The van der Waals surface area contributed by atoms with Crippen molar-refractivity contribution in [3.63, 3.8) is 0 Å². The Morgan fingerprint density at radius 2 is 1.47 bits per heavy atom. The molecule has 2 heterocycles. The molecule has 3 aromatic rings. The molecular formula is C25H20ClN3O3. The van der Waals surface area contributed by atoms with Crippen molar-refractivity contribution in [2.24, 2.45) is 11.8 Å². The maximum Gasteiger partial charge on any atom is 0.322 e. The average Bonchev–Trinajstić information content (AvgIpc) is 3.32. The largest absolute Gasteiger partial charge is 0.322 e. The summed E-state index contributed by atoms with van der Waals surface area (Å²) in [5.41, 5.74) is 1.96. The number of imide groups is 1. The Hall–Kier alpha value is -3.64. The molecule has 0 radical (unpaired) electrons. The maximum absolute atomic E-state index is 13.5. The van der Waals surface area contributed by atoms with Gasteiger partial charge in [-0.3, -0.25) is 9.59 Å². The molecule has 7 heteroatoms. The summed E-state index contributed by atoms with van der Waals surface area (Å²) in [5, 5.41) is 3.44. The Morgan fingerprint density at radius 3 is 2.12 bits per heavy atom. The zero-order valence-electron chi connectivity index (χ0n) is 17.0. The molecule has 3 aromatic carbocycles. The fourth-order valence-corrected chi connectivity index (χ4v) is 4.75. The molecule has 0 saturated carbocycles. The first-order chi connectivity index (χ1) is 15.5. The molecular weight excluding hydrogens is 426 g/mol. The highest BCUT2D eigenvalue weighted by atomic mass is 35.5. The summed E-state index contributed by atoms with van der Waals surface area (Å²) in [6.07, 6.45) is 0. The molecule has 3 atom stereocenters. The second-order valence-corrected chi connectivity index (χ2v) is 8.36. The zero-order chi connectivity index (χ0) is 22.2. The van der Waals surface area contributed by atoms with E-state index in [1.54, 1.807) is 65.6 Å². The molecule has 0 bridgehead atoms. The van der Waals surface area contributed by atoms with Gasteiger partial charge in [0.15, 0.2) is 0 Å². The monoisotopic (exact) mass is 445 g/mol. The molecule has 32 heavy (non-hydrogen) atoms. The van der Waals surface area contributed by atoms with E-state index in [4.69, 9.17) is 11.6 Å². The molecule has 2 aliphatic heterocycles. The van der Waals surface area contributed by atoms with Crippen molar-refractivity contribution in [2.45, 2.75) is 6.04 Å². The Balaban J connectivity index is 1.51. The number of anilines is 2. The summed E-state index contributed by atoms with van der Waals surface area (Å²) in [5.74, 6) is -1.84. The van der Waals surface area contributed by atoms with E-state index in [0.29, 0.717) is 16.4 Å². The van der Waals surface area contributed by atoms with Crippen LogP contribution in [0.2, 0.25) is 5.02 Å². The van der Waals surface area contributed by atoms with Gasteiger partial charge in [-0.15, -0.1) is 0 Å². The van der Waals surface area contributed by atoms with Gasteiger partial charge in [0, 0.05) is 17.3 Å². The molecule has 2 aliphatic rings. The van der Waals surface area contributed by atoms with Gasteiger partial charge in [-0.2, -0.15) is 0 Å². The number of para-hydroxylation sites is 2. The van der Waals surface area contributed by atoms with E-state index >= 15 is 0 Å². The minimum Gasteiger partial charge on any atom is -0.316 e. The van der Waals surface area contributed by atoms with Crippen LogP contribution >= 0.6 is 11.6 Å². The quantitative estimate of drug-likeness (QED) is 0.592. The second kappa shape index (κ2) is 8.13. The number of hydrogen-bond donors (Lipinski definition) is 1. The predicted octanol–water partition coefficient (Wildman–Crippen LogP) is 4.73. The molecule has 2 fully saturated rings. The van der Waals surface area contributed by atoms with E-state index < -0.39 is 17.9 Å². The molecule has 3 unspecified atom stereocenters. The third-order valence-electron chi connectivity index (χ3n) is 6.06. The minimum absolute atomic E-state index is 0.157. The lowest BCUT2D eigenvalue weighted by Gasteiger charge is -2.29. The van der Waals surface area contributed by atoms with Gasteiger partial charge in [-0.25, -0.2) is 9.69 Å². The van der Waals surface area contributed by atoms with Crippen LogP contribution in [0.3, 0.4) is 0 Å². The smallest absolute Gasteiger partial charge is 0.316 e. The Bertz CT molecular complexity index is 1170. The van der Waals surface area contributed by atoms with Crippen LogP contribution in [0.4, 0.5) is 16.2 Å². The van der Waals surface area contributed by atoms with Crippen LogP contribution < -0.4 is 10.2 Å². The molecule has 0 aliphatic carbocycles. The van der Waals surface area contributed by atoms with Crippen LogP contribution in [-0.4, -0.2) is 29.3 Å². The normalized spacial score (nSPS) is 22.2. The van der Waals surface area contributed by atoms with Crippen molar-refractivity contribution < 1.29 is 14.4 Å². The van der Waals surface area contributed by atoms with Gasteiger partial charge in [0.25, 0.3) is 0 Å². The Kier molecular flexibility index (Phi) is 5.15. The minimum atomic E-state index is -0.662. The standard InChI is InChI=1S/C25H20ClN3O3/c26-17-13-11-16(12-14-17)22-21-20(15-28(22)25(32)27-18-7-3-1-4-8-18)23(30)29(24(21)31)19-9-5-2-6-10-19/h1-14,20-22H,15H2,(H,27,32). The first-order valence-corrected chi connectivity index (χ1v) is 10.7. The number of hydrogen-bond acceptors (Lipinski definition) is 3. The lowest BCUT2D eigenvalue weighted by molar-refractivity contribution is -0.123. The van der Waals surface area contributed by atoms with Gasteiger partial charge in [-0.05, 0) is 42.0 Å². The number of nitrogens with one attached hydrogen (secondary N) is 1. The average molecular weight is 446 g/mol. The number of benzene rings is 3. The molecule has 0 spiro atoms. The van der Waals surface area contributed by atoms with Gasteiger partial charge in [0.05, 0.1) is 23.6 Å². The summed E-state index contributed by atoms with van der Waals surface area (Å²) in [4.78, 5) is 42.8. The van der Waals surface area contributed by atoms with E-state index in [1.807, 2.05) is 24.3 Å². The molecule has 6 nitrogen and oxygen atoms in total. The number of halogens is 1. The fourth-order valence-electron chi connectivity index (χ4n) is 4.62. The molecule has 5 rings (SSSR count). The van der Waals surface area contributed by atoms with Gasteiger partial charge >= 0.3 is 6.03 Å².